The van der Waals surface area contributed by atoms with E-state index in [4.69, 9.17) is 0 Å². The second-order valence-electron chi connectivity index (χ2n) is 7.18. The molecule has 2 nitrogen and oxygen atoms in total. The molecule has 0 unspecified atom stereocenters. The molecule has 0 spiro atoms. The Morgan fingerprint density at radius 1 is 0.952 bits per heavy atom. The first kappa shape index (κ1) is 14.2. The normalized spacial score (nSPS) is 33.7. The van der Waals surface area contributed by atoms with Gasteiger partial charge in [-0.1, -0.05) is 34.5 Å². The average Bonchev–Trinajstić information content (AvgIpc) is 3.13. The SMILES string of the molecule is Brc1ccc(CN2CCN([C@H]3C[C@H]4CC[C@@H]3C4)CC2)cc1. The zero-order valence-corrected chi connectivity index (χ0v) is 14.3. The lowest BCUT2D eigenvalue weighted by Gasteiger charge is -2.41. The van der Waals surface area contributed by atoms with Crippen LogP contribution >= 0.6 is 15.9 Å². The van der Waals surface area contributed by atoms with Gasteiger partial charge >= 0.3 is 0 Å². The van der Waals surface area contributed by atoms with Crippen LogP contribution < -0.4 is 0 Å². The van der Waals surface area contributed by atoms with Crippen LogP contribution in [0.5, 0.6) is 0 Å². The highest BCUT2D eigenvalue weighted by Gasteiger charge is 2.42. The molecule has 4 rings (SSSR count). The molecule has 0 aromatic heterocycles. The Bertz CT molecular complexity index is 478. The van der Waals surface area contributed by atoms with Crippen molar-refractivity contribution < 1.29 is 0 Å². The largest absolute Gasteiger partial charge is 0.298 e. The monoisotopic (exact) mass is 348 g/mol. The van der Waals surface area contributed by atoms with Gasteiger partial charge in [0.15, 0.2) is 0 Å². The van der Waals surface area contributed by atoms with Gasteiger partial charge in [-0.05, 0) is 48.8 Å². The third-order valence-corrected chi connectivity index (χ3v) is 6.42. The van der Waals surface area contributed by atoms with Crippen LogP contribution in [0.2, 0.25) is 0 Å². The summed E-state index contributed by atoms with van der Waals surface area (Å²) >= 11 is 3.51. The molecule has 1 aromatic carbocycles. The molecule has 3 fully saturated rings. The zero-order valence-electron chi connectivity index (χ0n) is 12.7. The molecular weight excluding hydrogens is 324 g/mol. The quantitative estimate of drug-likeness (QED) is 0.820. The minimum absolute atomic E-state index is 0.929. The fourth-order valence-corrected chi connectivity index (χ4v) is 5.02. The highest BCUT2D eigenvalue weighted by atomic mass is 79.9. The van der Waals surface area contributed by atoms with E-state index in [1.54, 1.807) is 0 Å². The maximum atomic E-state index is 3.51. The van der Waals surface area contributed by atoms with Crippen molar-refractivity contribution in [2.24, 2.45) is 11.8 Å². The molecule has 0 amide bonds. The third kappa shape index (κ3) is 3.06. The molecule has 3 aliphatic rings. The Labute approximate surface area is 136 Å². The smallest absolute Gasteiger partial charge is 0.0234 e. The van der Waals surface area contributed by atoms with Gasteiger partial charge in [-0.2, -0.15) is 0 Å². The number of piperazine rings is 1. The molecule has 114 valence electrons. The second kappa shape index (κ2) is 6.02. The summed E-state index contributed by atoms with van der Waals surface area (Å²) in [5.74, 6) is 2.11. The van der Waals surface area contributed by atoms with Crippen molar-refractivity contribution in [2.75, 3.05) is 26.2 Å². The van der Waals surface area contributed by atoms with Crippen molar-refractivity contribution in [3.05, 3.63) is 34.3 Å². The van der Waals surface area contributed by atoms with Crippen molar-refractivity contribution in [3.63, 3.8) is 0 Å². The Balaban J connectivity index is 1.29. The molecule has 2 bridgehead atoms. The highest BCUT2D eigenvalue weighted by Crippen LogP contribution is 2.46. The number of hydrogen-bond acceptors (Lipinski definition) is 2. The fourth-order valence-electron chi connectivity index (χ4n) is 4.76. The first-order chi connectivity index (χ1) is 10.3. The molecule has 2 aliphatic carbocycles. The average molecular weight is 349 g/mol. The van der Waals surface area contributed by atoms with Gasteiger partial charge in [-0.25, -0.2) is 0 Å². The predicted octanol–water partition coefficient (Wildman–Crippen LogP) is 3.76. The summed E-state index contributed by atoms with van der Waals surface area (Å²) in [5, 5.41) is 0. The van der Waals surface area contributed by atoms with Crippen LogP contribution in [0.3, 0.4) is 0 Å². The van der Waals surface area contributed by atoms with E-state index in [9.17, 15) is 0 Å². The van der Waals surface area contributed by atoms with Crippen molar-refractivity contribution >= 4 is 15.9 Å². The molecule has 0 N–H and O–H groups in total. The van der Waals surface area contributed by atoms with Gasteiger partial charge in [0.25, 0.3) is 0 Å². The van der Waals surface area contributed by atoms with E-state index in [0.717, 1.165) is 24.4 Å². The van der Waals surface area contributed by atoms with Gasteiger partial charge in [0.1, 0.15) is 0 Å². The topological polar surface area (TPSA) is 6.48 Å². The first-order valence-electron chi connectivity index (χ1n) is 8.49. The Kier molecular flexibility index (Phi) is 4.08. The molecule has 1 saturated heterocycles. The lowest BCUT2D eigenvalue weighted by atomic mass is 9.93. The van der Waals surface area contributed by atoms with Crippen molar-refractivity contribution in [1.29, 1.82) is 0 Å². The highest BCUT2D eigenvalue weighted by molar-refractivity contribution is 9.10. The summed E-state index contributed by atoms with van der Waals surface area (Å²) in [6, 6.07) is 9.72. The number of halogens is 1. The van der Waals surface area contributed by atoms with Crippen LogP contribution in [-0.4, -0.2) is 42.0 Å². The van der Waals surface area contributed by atoms with Crippen LogP contribution in [0.25, 0.3) is 0 Å². The molecule has 3 atom stereocenters. The Hall–Kier alpha value is -0.380. The van der Waals surface area contributed by atoms with Crippen LogP contribution in [0.15, 0.2) is 28.7 Å². The lowest BCUT2D eigenvalue weighted by molar-refractivity contribution is 0.0679. The van der Waals surface area contributed by atoms with E-state index in [0.29, 0.717) is 0 Å². The standard InChI is InChI=1S/C18H25BrN2/c19-17-5-2-14(3-6-17)13-20-7-9-21(10-8-20)18-12-15-1-4-16(18)11-15/h2-3,5-6,15-16,18H,1,4,7-13H2/t15-,16+,18-/m0/s1. The van der Waals surface area contributed by atoms with E-state index in [2.05, 4.69) is 50.0 Å². The molecule has 0 radical (unpaired) electrons. The molecule has 1 heterocycles. The molecule has 1 aliphatic heterocycles. The van der Waals surface area contributed by atoms with E-state index in [1.807, 2.05) is 0 Å². The van der Waals surface area contributed by atoms with Crippen molar-refractivity contribution in [2.45, 2.75) is 38.3 Å². The van der Waals surface area contributed by atoms with Crippen molar-refractivity contribution in [1.82, 2.24) is 9.80 Å². The van der Waals surface area contributed by atoms with E-state index in [1.165, 1.54) is 61.9 Å². The Morgan fingerprint density at radius 2 is 1.71 bits per heavy atom. The molecule has 2 saturated carbocycles. The van der Waals surface area contributed by atoms with Gasteiger partial charge in [-0.15, -0.1) is 0 Å². The first-order valence-corrected chi connectivity index (χ1v) is 9.28. The summed E-state index contributed by atoms with van der Waals surface area (Å²) < 4.78 is 1.17. The van der Waals surface area contributed by atoms with Gasteiger partial charge in [-0.3, -0.25) is 9.80 Å². The van der Waals surface area contributed by atoms with Crippen LogP contribution in [-0.2, 0) is 6.54 Å². The molecule has 21 heavy (non-hydrogen) atoms. The third-order valence-electron chi connectivity index (χ3n) is 5.90. The second-order valence-corrected chi connectivity index (χ2v) is 8.10. The maximum Gasteiger partial charge on any atom is 0.0234 e. The van der Waals surface area contributed by atoms with Crippen molar-refractivity contribution in [3.8, 4) is 0 Å². The van der Waals surface area contributed by atoms with Gasteiger partial charge in [0, 0.05) is 43.2 Å². The fraction of sp³-hybridized carbons (Fsp3) is 0.667. The van der Waals surface area contributed by atoms with Crippen LogP contribution in [0.1, 0.15) is 31.2 Å². The predicted molar refractivity (Wildman–Crippen MR) is 90.2 cm³/mol. The summed E-state index contributed by atoms with van der Waals surface area (Å²) in [6.45, 7) is 6.15. The molecule has 1 aromatic rings. The molecule has 3 heteroatoms. The number of fused-ring (bicyclic) bond motifs is 2. The summed E-state index contributed by atoms with van der Waals surface area (Å²) in [6.07, 6.45) is 6.06. The van der Waals surface area contributed by atoms with Crippen LogP contribution in [0, 0.1) is 11.8 Å². The van der Waals surface area contributed by atoms with Gasteiger partial charge in [0.2, 0.25) is 0 Å². The number of nitrogens with zero attached hydrogens (tertiary/aromatic N) is 2. The van der Waals surface area contributed by atoms with E-state index in [-0.39, 0.29) is 0 Å². The van der Waals surface area contributed by atoms with E-state index >= 15 is 0 Å². The Morgan fingerprint density at radius 3 is 2.33 bits per heavy atom. The minimum atomic E-state index is 0.929. The number of hydrogen-bond donors (Lipinski definition) is 0. The zero-order chi connectivity index (χ0) is 14.2. The van der Waals surface area contributed by atoms with Gasteiger partial charge < -0.3 is 0 Å². The van der Waals surface area contributed by atoms with Crippen LogP contribution in [0.4, 0.5) is 0 Å². The minimum Gasteiger partial charge on any atom is -0.298 e. The number of benzene rings is 1. The maximum absolute atomic E-state index is 3.51. The summed E-state index contributed by atoms with van der Waals surface area (Å²) in [7, 11) is 0. The van der Waals surface area contributed by atoms with Gasteiger partial charge in [0.05, 0.1) is 0 Å². The lowest BCUT2D eigenvalue weighted by Crippen LogP contribution is -2.51. The van der Waals surface area contributed by atoms with E-state index < -0.39 is 0 Å². The summed E-state index contributed by atoms with van der Waals surface area (Å²) in [4.78, 5) is 5.43. The molecular formula is C18H25BrN2. The summed E-state index contributed by atoms with van der Waals surface area (Å²) in [5.41, 5.74) is 1.44. The number of rotatable bonds is 3.